The van der Waals surface area contributed by atoms with Gasteiger partial charge in [-0.25, -0.2) is 4.98 Å². The van der Waals surface area contributed by atoms with Gasteiger partial charge in [0.15, 0.2) is 0 Å². The number of thiazole rings is 1. The Morgan fingerprint density at radius 2 is 1.62 bits per heavy atom. The molecule has 24 heavy (non-hydrogen) atoms. The maximum Gasteiger partial charge on any atom is 0.118 e. The molecule has 0 aliphatic heterocycles. The lowest BCUT2D eigenvalue weighted by Gasteiger charge is -2.18. The average Bonchev–Trinajstić information content (AvgIpc) is 3.03. The van der Waals surface area contributed by atoms with Crippen LogP contribution in [0.4, 0.5) is 0 Å². The zero-order valence-corrected chi connectivity index (χ0v) is 15.5. The fourth-order valence-corrected chi connectivity index (χ4v) is 3.42. The highest BCUT2D eigenvalue weighted by Crippen LogP contribution is 2.27. The van der Waals surface area contributed by atoms with Gasteiger partial charge in [0.05, 0.1) is 17.8 Å². The third-order valence-electron chi connectivity index (χ3n) is 4.11. The number of aromatic nitrogens is 1. The van der Waals surface area contributed by atoms with Crippen molar-refractivity contribution in [3.05, 3.63) is 70.0 Å². The van der Waals surface area contributed by atoms with E-state index in [4.69, 9.17) is 9.72 Å². The summed E-state index contributed by atoms with van der Waals surface area (Å²) in [4.78, 5) is 4.80. The van der Waals surface area contributed by atoms with Crippen molar-refractivity contribution < 1.29 is 4.74 Å². The highest BCUT2D eigenvalue weighted by atomic mass is 32.1. The van der Waals surface area contributed by atoms with E-state index < -0.39 is 0 Å². The summed E-state index contributed by atoms with van der Waals surface area (Å²) in [7, 11) is 1.69. The summed E-state index contributed by atoms with van der Waals surface area (Å²) in [6.45, 7) is 6.70. The molecule has 3 rings (SSSR count). The lowest BCUT2D eigenvalue weighted by Crippen LogP contribution is -2.10. The number of hydrogen-bond acceptors (Lipinski definition) is 3. The first-order valence-electron chi connectivity index (χ1n) is 8.14. The van der Waals surface area contributed by atoms with Gasteiger partial charge in [0.1, 0.15) is 5.75 Å². The molecule has 0 aliphatic carbocycles. The summed E-state index contributed by atoms with van der Waals surface area (Å²) < 4.78 is 5.20. The van der Waals surface area contributed by atoms with Gasteiger partial charge in [0.2, 0.25) is 0 Å². The molecule has 1 aromatic heterocycles. The van der Waals surface area contributed by atoms with E-state index in [1.165, 1.54) is 16.7 Å². The van der Waals surface area contributed by atoms with Gasteiger partial charge in [-0.15, -0.1) is 11.3 Å². The molecule has 124 valence electrons. The van der Waals surface area contributed by atoms with Gasteiger partial charge in [-0.1, -0.05) is 57.2 Å². The molecule has 0 atom stereocenters. The monoisotopic (exact) mass is 337 g/mol. The Kier molecular flexibility index (Phi) is 4.72. The van der Waals surface area contributed by atoms with Crippen molar-refractivity contribution in [3.8, 4) is 17.0 Å². The first kappa shape index (κ1) is 16.7. The van der Waals surface area contributed by atoms with E-state index in [0.717, 1.165) is 22.9 Å². The standard InChI is InChI=1S/C21H23NOS/c1-21(2,3)17-9-7-16(8-10-17)19-14-24-20(22-19)13-15-5-11-18(23-4)12-6-15/h5-12,14H,13H2,1-4H3. The van der Waals surface area contributed by atoms with Gasteiger partial charge < -0.3 is 4.74 Å². The third-order valence-corrected chi connectivity index (χ3v) is 4.96. The van der Waals surface area contributed by atoms with Gasteiger partial charge in [-0.3, -0.25) is 0 Å². The van der Waals surface area contributed by atoms with Crippen LogP contribution in [0.5, 0.6) is 5.75 Å². The molecule has 0 saturated carbocycles. The molecule has 0 bridgehead atoms. The number of methoxy groups -OCH3 is 1. The van der Waals surface area contributed by atoms with Gasteiger partial charge in [0.25, 0.3) is 0 Å². The topological polar surface area (TPSA) is 22.1 Å². The summed E-state index contributed by atoms with van der Waals surface area (Å²) in [5.41, 5.74) is 5.02. The molecule has 3 heteroatoms. The number of ether oxygens (including phenoxy) is 1. The zero-order valence-electron chi connectivity index (χ0n) is 14.7. The second-order valence-electron chi connectivity index (χ2n) is 6.98. The van der Waals surface area contributed by atoms with Gasteiger partial charge >= 0.3 is 0 Å². The second-order valence-corrected chi connectivity index (χ2v) is 7.92. The highest BCUT2D eigenvalue weighted by Gasteiger charge is 2.13. The molecule has 0 amide bonds. The molecule has 0 spiro atoms. The molecule has 0 N–H and O–H groups in total. The van der Waals surface area contributed by atoms with Crippen molar-refractivity contribution in [3.63, 3.8) is 0 Å². The van der Waals surface area contributed by atoms with Crippen molar-refractivity contribution in [2.24, 2.45) is 0 Å². The molecule has 0 unspecified atom stereocenters. The van der Waals surface area contributed by atoms with Crippen LogP contribution in [0.25, 0.3) is 11.3 Å². The van der Waals surface area contributed by atoms with Crippen molar-refractivity contribution in [2.45, 2.75) is 32.6 Å². The van der Waals surface area contributed by atoms with E-state index in [0.29, 0.717) is 0 Å². The largest absolute Gasteiger partial charge is 0.497 e. The van der Waals surface area contributed by atoms with Gasteiger partial charge in [-0.05, 0) is 28.7 Å². The van der Waals surface area contributed by atoms with Crippen molar-refractivity contribution >= 4 is 11.3 Å². The molecule has 1 heterocycles. The third kappa shape index (κ3) is 3.85. The Morgan fingerprint density at radius 1 is 0.958 bits per heavy atom. The fourth-order valence-electron chi connectivity index (χ4n) is 2.58. The van der Waals surface area contributed by atoms with Crippen LogP contribution in [0.3, 0.4) is 0 Å². The summed E-state index contributed by atoms with van der Waals surface area (Å²) >= 11 is 1.72. The Bertz CT molecular complexity index is 795. The van der Waals surface area contributed by atoms with Crippen LogP contribution in [0.15, 0.2) is 53.9 Å². The maximum atomic E-state index is 5.20. The SMILES string of the molecule is COc1ccc(Cc2nc(-c3ccc(C(C)(C)C)cc3)cs2)cc1. The summed E-state index contributed by atoms with van der Waals surface area (Å²) in [6, 6.07) is 16.9. The van der Waals surface area contributed by atoms with Crippen LogP contribution in [-0.2, 0) is 11.8 Å². The molecule has 3 aromatic rings. The minimum absolute atomic E-state index is 0.181. The van der Waals surface area contributed by atoms with Crippen molar-refractivity contribution in [1.29, 1.82) is 0 Å². The molecule has 0 aliphatic rings. The number of benzene rings is 2. The first-order valence-corrected chi connectivity index (χ1v) is 9.02. The maximum absolute atomic E-state index is 5.20. The van der Waals surface area contributed by atoms with Crippen molar-refractivity contribution in [1.82, 2.24) is 4.98 Å². The van der Waals surface area contributed by atoms with E-state index >= 15 is 0 Å². The Labute approximate surface area is 148 Å². The Hall–Kier alpha value is -2.13. The van der Waals surface area contributed by atoms with Crippen LogP contribution in [0, 0.1) is 0 Å². The van der Waals surface area contributed by atoms with Crippen LogP contribution in [0.2, 0.25) is 0 Å². The molecular formula is C21H23NOS. The quantitative estimate of drug-likeness (QED) is 0.608. The zero-order chi connectivity index (χ0) is 17.2. The van der Waals surface area contributed by atoms with E-state index in [2.05, 4.69) is 62.5 Å². The fraction of sp³-hybridized carbons (Fsp3) is 0.286. The van der Waals surface area contributed by atoms with Gasteiger partial charge in [-0.2, -0.15) is 0 Å². The molecule has 0 radical (unpaired) electrons. The van der Waals surface area contributed by atoms with Crippen LogP contribution in [0.1, 0.15) is 36.9 Å². The highest BCUT2D eigenvalue weighted by molar-refractivity contribution is 7.10. The minimum atomic E-state index is 0.181. The number of hydrogen-bond donors (Lipinski definition) is 0. The normalized spacial score (nSPS) is 11.5. The number of rotatable bonds is 4. The molecule has 2 aromatic carbocycles. The van der Waals surface area contributed by atoms with Crippen LogP contribution >= 0.6 is 11.3 Å². The summed E-state index contributed by atoms with van der Waals surface area (Å²) in [6.07, 6.45) is 0.856. The molecular weight excluding hydrogens is 314 g/mol. The van der Waals surface area contributed by atoms with Crippen LogP contribution in [-0.4, -0.2) is 12.1 Å². The second kappa shape index (κ2) is 6.78. The summed E-state index contributed by atoms with van der Waals surface area (Å²) in [5, 5.41) is 3.28. The molecule has 2 nitrogen and oxygen atoms in total. The van der Waals surface area contributed by atoms with E-state index in [-0.39, 0.29) is 5.41 Å². The van der Waals surface area contributed by atoms with Gasteiger partial charge in [0, 0.05) is 17.4 Å². The van der Waals surface area contributed by atoms with Crippen molar-refractivity contribution in [2.75, 3.05) is 7.11 Å². The number of nitrogens with zero attached hydrogens (tertiary/aromatic N) is 1. The predicted octanol–water partition coefficient (Wildman–Crippen LogP) is 5.71. The van der Waals surface area contributed by atoms with E-state index in [9.17, 15) is 0 Å². The van der Waals surface area contributed by atoms with Crippen LogP contribution < -0.4 is 4.74 Å². The lowest BCUT2D eigenvalue weighted by molar-refractivity contribution is 0.414. The van der Waals surface area contributed by atoms with E-state index in [1.54, 1.807) is 18.4 Å². The average molecular weight is 337 g/mol. The Balaban J connectivity index is 1.75. The lowest BCUT2D eigenvalue weighted by atomic mass is 9.86. The Morgan fingerprint density at radius 3 is 2.21 bits per heavy atom. The molecule has 0 saturated heterocycles. The predicted molar refractivity (Wildman–Crippen MR) is 102 cm³/mol. The molecule has 0 fully saturated rings. The first-order chi connectivity index (χ1) is 11.5. The smallest absolute Gasteiger partial charge is 0.118 e. The van der Waals surface area contributed by atoms with E-state index in [1.807, 2.05) is 12.1 Å². The summed E-state index contributed by atoms with van der Waals surface area (Å²) in [5.74, 6) is 0.887. The minimum Gasteiger partial charge on any atom is -0.497 e.